The van der Waals surface area contributed by atoms with Crippen LogP contribution in [0.3, 0.4) is 0 Å². The number of rotatable bonds is 8. The van der Waals surface area contributed by atoms with Gasteiger partial charge >= 0.3 is 0 Å². The van der Waals surface area contributed by atoms with Crippen LogP contribution in [-0.4, -0.2) is 28.8 Å². The lowest BCUT2D eigenvalue weighted by molar-refractivity contribution is 0.395. The summed E-state index contributed by atoms with van der Waals surface area (Å²) in [5.74, 6) is 2.06. The number of hydrogen-bond donors (Lipinski definition) is 0. The second-order valence-corrected chi connectivity index (χ2v) is 10.1. The van der Waals surface area contributed by atoms with Gasteiger partial charge < -0.3 is 9.47 Å². The first-order chi connectivity index (χ1) is 15.5. The normalized spacial score (nSPS) is 11.1. The largest absolute Gasteiger partial charge is 0.497 e. The summed E-state index contributed by atoms with van der Waals surface area (Å²) in [5, 5.41) is 4.29. The number of hydrogen-bond acceptors (Lipinski definition) is 8. The molecular weight excluding hydrogens is 462 g/mol. The third kappa shape index (κ3) is 4.20. The lowest BCUT2D eigenvalue weighted by Gasteiger charge is -2.10. The number of fused-ring (bicyclic) bond motifs is 1. The summed E-state index contributed by atoms with van der Waals surface area (Å²) in [6.45, 7) is 8.23. The van der Waals surface area contributed by atoms with E-state index in [4.69, 9.17) is 19.4 Å². The Balaban J connectivity index is 1.62. The molecule has 0 aliphatic rings. The van der Waals surface area contributed by atoms with Crippen LogP contribution in [0.4, 0.5) is 0 Å². The zero-order valence-corrected chi connectivity index (χ0v) is 20.7. The number of thiazole rings is 1. The summed E-state index contributed by atoms with van der Waals surface area (Å²) < 4.78 is 12.5. The average molecular weight is 486 g/mol. The zero-order valence-electron chi connectivity index (χ0n) is 18.3. The molecule has 0 unspecified atom stereocenters. The van der Waals surface area contributed by atoms with Gasteiger partial charge in [0.25, 0.3) is 5.56 Å². The van der Waals surface area contributed by atoms with Gasteiger partial charge in [-0.3, -0.25) is 9.36 Å². The Labute approximate surface area is 198 Å². The van der Waals surface area contributed by atoms with Crippen molar-refractivity contribution in [1.82, 2.24) is 14.5 Å². The molecule has 0 saturated heterocycles. The van der Waals surface area contributed by atoms with Crippen LogP contribution < -0.4 is 15.0 Å². The van der Waals surface area contributed by atoms with E-state index < -0.39 is 0 Å². The molecule has 9 heteroatoms. The first-order valence-electron chi connectivity index (χ1n) is 9.87. The van der Waals surface area contributed by atoms with Crippen molar-refractivity contribution in [2.24, 2.45) is 0 Å². The summed E-state index contributed by atoms with van der Waals surface area (Å²) in [7, 11) is 3.26. The van der Waals surface area contributed by atoms with Gasteiger partial charge in [-0.05, 0) is 31.5 Å². The number of thioether (sulfide) groups is 1. The van der Waals surface area contributed by atoms with Gasteiger partial charge in [-0.15, -0.1) is 29.3 Å². The highest BCUT2D eigenvalue weighted by Crippen LogP contribution is 2.36. The smallest absolute Gasteiger partial charge is 0.263 e. The lowest BCUT2D eigenvalue weighted by atomic mass is 10.2. The Morgan fingerprint density at radius 1 is 1.22 bits per heavy atom. The van der Waals surface area contributed by atoms with Crippen molar-refractivity contribution in [3.63, 3.8) is 0 Å². The molecule has 1 aromatic carbocycles. The molecule has 4 rings (SSSR count). The van der Waals surface area contributed by atoms with Crippen molar-refractivity contribution in [2.45, 2.75) is 31.3 Å². The van der Waals surface area contributed by atoms with Gasteiger partial charge in [-0.2, -0.15) is 0 Å². The Morgan fingerprint density at radius 2 is 2.03 bits per heavy atom. The van der Waals surface area contributed by atoms with Gasteiger partial charge in [-0.25, -0.2) is 9.97 Å². The molecular formula is C23H23N3O3S3. The number of aromatic nitrogens is 3. The fraction of sp³-hybridized carbons (Fsp3) is 0.261. The number of benzene rings is 1. The molecule has 0 radical (unpaired) electrons. The maximum atomic E-state index is 13.1. The molecule has 0 aliphatic heterocycles. The highest BCUT2D eigenvalue weighted by molar-refractivity contribution is 7.98. The maximum absolute atomic E-state index is 13.1. The van der Waals surface area contributed by atoms with Crippen LogP contribution >= 0.6 is 34.4 Å². The van der Waals surface area contributed by atoms with Crippen molar-refractivity contribution in [2.75, 3.05) is 14.2 Å². The van der Waals surface area contributed by atoms with Crippen LogP contribution in [0.2, 0.25) is 0 Å². The number of allylic oxidation sites excluding steroid dienone is 1. The second-order valence-electron chi connectivity index (χ2n) is 7.06. The van der Waals surface area contributed by atoms with E-state index in [1.807, 2.05) is 37.4 Å². The van der Waals surface area contributed by atoms with Crippen molar-refractivity contribution in [3.8, 4) is 22.1 Å². The average Bonchev–Trinajstić information content (AvgIpc) is 3.38. The fourth-order valence-corrected chi connectivity index (χ4v) is 6.25. The van der Waals surface area contributed by atoms with Crippen molar-refractivity contribution in [3.05, 3.63) is 62.7 Å². The monoisotopic (exact) mass is 485 g/mol. The third-order valence-electron chi connectivity index (χ3n) is 5.11. The highest BCUT2D eigenvalue weighted by atomic mass is 32.2. The van der Waals surface area contributed by atoms with E-state index in [-0.39, 0.29) is 5.56 Å². The minimum Gasteiger partial charge on any atom is -0.497 e. The van der Waals surface area contributed by atoms with E-state index in [2.05, 4.69) is 6.58 Å². The van der Waals surface area contributed by atoms with Crippen LogP contribution in [0.25, 0.3) is 20.8 Å². The molecule has 0 saturated carbocycles. The summed E-state index contributed by atoms with van der Waals surface area (Å²) >= 11 is 4.63. The molecule has 0 N–H and O–H groups in total. The lowest BCUT2D eigenvalue weighted by Crippen LogP contribution is -2.22. The maximum Gasteiger partial charge on any atom is 0.263 e. The van der Waals surface area contributed by atoms with Crippen LogP contribution in [0.5, 0.6) is 11.5 Å². The SMILES string of the molecule is C=CCn1c(SCc2csc(-c3ccc(OC)cc3OC)n2)nc2sc(C)c(C)c2c1=O. The van der Waals surface area contributed by atoms with Gasteiger partial charge in [0.1, 0.15) is 21.3 Å². The van der Waals surface area contributed by atoms with Crippen LogP contribution in [0.15, 0.2) is 46.2 Å². The minimum atomic E-state index is -0.0128. The molecule has 0 spiro atoms. The molecule has 0 amide bonds. The molecule has 32 heavy (non-hydrogen) atoms. The van der Waals surface area contributed by atoms with E-state index in [0.29, 0.717) is 28.6 Å². The fourth-order valence-electron chi connectivity index (χ4n) is 3.32. The second kappa shape index (κ2) is 9.48. The molecule has 0 atom stereocenters. The number of ether oxygens (including phenoxy) is 2. The van der Waals surface area contributed by atoms with Gasteiger partial charge in [-0.1, -0.05) is 17.8 Å². The van der Waals surface area contributed by atoms with E-state index in [9.17, 15) is 4.79 Å². The van der Waals surface area contributed by atoms with Crippen molar-refractivity contribution >= 4 is 44.7 Å². The number of nitrogens with zero attached hydrogens (tertiary/aromatic N) is 3. The highest BCUT2D eigenvalue weighted by Gasteiger charge is 2.17. The third-order valence-corrected chi connectivity index (χ3v) is 8.14. The van der Waals surface area contributed by atoms with E-state index in [1.54, 1.807) is 47.5 Å². The predicted molar refractivity (Wildman–Crippen MR) is 134 cm³/mol. The topological polar surface area (TPSA) is 66.2 Å². The molecule has 3 aromatic heterocycles. The molecule has 166 valence electrons. The van der Waals surface area contributed by atoms with Crippen molar-refractivity contribution < 1.29 is 9.47 Å². The first kappa shape index (κ1) is 22.6. The minimum absolute atomic E-state index is 0.0128. The molecule has 4 aromatic rings. The van der Waals surface area contributed by atoms with Gasteiger partial charge in [0.15, 0.2) is 5.16 Å². The Hall–Kier alpha value is -2.62. The summed E-state index contributed by atoms with van der Waals surface area (Å²) in [6.07, 6.45) is 1.73. The van der Waals surface area contributed by atoms with E-state index in [0.717, 1.165) is 37.3 Å². The van der Waals surface area contributed by atoms with Crippen LogP contribution in [0, 0.1) is 13.8 Å². The molecule has 0 bridgehead atoms. The van der Waals surface area contributed by atoms with E-state index >= 15 is 0 Å². The molecule has 0 fully saturated rings. The number of thiophene rings is 1. The van der Waals surface area contributed by atoms with E-state index in [1.165, 1.54) is 11.8 Å². The number of methoxy groups -OCH3 is 2. The molecule has 6 nitrogen and oxygen atoms in total. The number of aryl methyl sites for hydroxylation is 2. The molecule has 3 heterocycles. The summed E-state index contributed by atoms with van der Waals surface area (Å²) in [6, 6.07) is 5.70. The van der Waals surface area contributed by atoms with Gasteiger partial charge in [0.2, 0.25) is 0 Å². The standard InChI is InChI=1S/C23H23N3O3S3/c1-6-9-26-22(27)19-13(2)14(3)32-21(19)25-23(26)31-12-15-11-30-20(24-15)17-8-7-16(28-4)10-18(17)29-5/h6-8,10-11H,1,9,12H2,2-5H3. The van der Waals surface area contributed by atoms with Gasteiger partial charge in [0, 0.05) is 28.6 Å². The Bertz CT molecular complexity index is 1350. The van der Waals surface area contributed by atoms with Gasteiger partial charge in [0.05, 0.1) is 30.9 Å². The van der Waals surface area contributed by atoms with Crippen LogP contribution in [0.1, 0.15) is 16.1 Å². The quantitative estimate of drug-likeness (QED) is 0.181. The first-order valence-corrected chi connectivity index (χ1v) is 12.6. The zero-order chi connectivity index (χ0) is 22.8. The van der Waals surface area contributed by atoms with Crippen LogP contribution in [-0.2, 0) is 12.3 Å². The molecule has 0 aliphatic carbocycles. The Kier molecular flexibility index (Phi) is 6.68. The summed E-state index contributed by atoms with van der Waals surface area (Å²) in [5.41, 5.74) is 2.84. The Morgan fingerprint density at radius 3 is 2.75 bits per heavy atom. The predicted octanol–water partition coefficient (Wildman–Crippen LogP) is 5.69. The summed E-state index contributed by atoms with van der Waals surface area (Å²) in [4.78, 5) is 24.6. The van der Waals surface area contributed by atoms with Crippen molar-refractivity contribution in [1.29, 1.82) is 0 Å².